The summed E-state index contributed by atoms with van der Waals surface area (Å²) in [4.78, 5) is 36.3. The van der Waals surface area contributed by atoms with Gasteiger partial charge in [-0.3, -0.25) is 19.6 Å². The SMILES string of the molecule is CC(C)n1cc(C(N)=O)c(=O)c(-c2ccc(F)cc2)c1C(=O)NO. The van der Waals surface area contributed by atoms with Crippen LogP contribution < -0.4 is 16.6 Å². The lowest BCUT2D eigenvalue weighted by Crippen LogP contribution is -2.32. The summed E-state index contributed by atoms with van der Waals surface area (Å²) in [5.41, 5.74) is 5.57. The maximum atomic E-state index is 13.2. The van der Waals surface area contributed by atoms with Gasteiger partial charge in [-0.05, 0) is 31.5 Å². The second-order valence-corrected chi connectivity index (χ2v) is 5.41. The molecule has 126 valence electrons. The van der Waals surface area contributed by atoms with E-state index in [-0.39, 0.29) is 28.4 Å². The van der Waals surface area contributed by atoms with E-state index in [0.29, 0.717) is 0 Å². The van der Waals surface area contributed by atoms with Crippen LogP contribution in [-0.2, 0) is 0 Å². The van der Waals surface area contributed by atoms with Gasteiger partial charge in [0.25, 0.3) is 11.8 Å². The molecule has 0 atom stereocenters. The van der Waals surface area contributed by atoms with E-state index in [0.717, 1.165) is 12.1 Å². The third kappa shape index (κ3) is 3.04. The summed E-state index contributed by atoms with van der Waals surface area (Å²) in [5, 5.41) is 9.01. The number of carbonyl (C=O) groups excluding carboxylic acids is 2. The lowest BCUT2D eigenvalue weighted by Gasteiger charge is -2.20. The number of amides is 2. The Balaban J connectivity index is 2.97. The number of hydrogen-bond donors (Lipinski definition) is 3. The zero-order valence-corrected chi connectivity index (χ0v) is 13.0. The van der Waals surface area contributed by atoms with Crippen LogP contribution in [0, 0.1) is 5.82 Å². The van der Waals surface area contributed by atoms with E-state index < -0.39 is 23.1 Å². The lowest BCUT2D eigenvalue weighted by molar-refractivity contribution is 0.0693. The van der Waals surface area contributed by atoms with Gasteiger partial charge in [-0.1, -0.05) is 12.1 Å². The molecule has 0 spiro atoms. The van der Waals surface area contributed by atoms with Crippen molar-refractivity contribution in [2.75, 3.05) is 0 Å². The van der Waals surface area contributed by atoms with Crippen LogP contribution in [0.4, 0.5) is 4.39 Å². The van der Waals surface area contributed by atoms with Crippen molar-refractivity contribution in [1.29, 1.82) is 0 Å². The van der Waals surface area contributed by atoms with Crippen molar-refractivity contribution in [3.63, 3.8) is 0 Å². The Morgan fingerprint density at radius 3 is 2.29 bits per heavy atom. The van der Waals surface area contributed by atoms with Crippen LogP contribution in [0.1, 0.15) is 40.7 Å². The second kappa shape index (κ2) is 6.63. The van der Waals surface area contributed by atoms with E-state index >= 15 is 0 Å². The monoisotopic (exact) mass is 333 g/mol. The summed E-state index contributed by atoms with van der Waals surface area (Å²) in [6, 6.07) is 4.51. The fourth-order valence-corrected chi connectivity index (χ4v) is 2.38. The Hall–Kier alpha value is -3.00. The van der Waals surface area contributed by atoms with Crippen molar-refractivity contribution in [1.82, 2.24) is 10.0 Å². The summed E-state index contributed by atoms with van der Waals surface area (Å²) in [6.45, 7) is 3.44. The number of aromatic nitrogens is 1. The third-order valence-corrected chi connectivity index (χ3v) is 3.51. The van der Waals surface area contributed by atoms with Crippen molar-refractivity contribution in [3.05, 3.63) is 57.8 Å². The molecule has 24 heavy (non-hydrogen) atoms. The Bertz CT molecular complexity index is 857. The Morgan fingerprint density at radius 1 is 1.25 bits per heavy atom. The molecule has 0 aliphatic carbocycles. The van der Waals surface area contributed by atoms with Crippen LogP contribution >= 0.6 is 0 Å². The number of hydrogen-bond acceptors (Lipinski definition) is 4. The highest BCUT2D eigenvalue weighted by Crippen LogP contribution is 2.24. The minimum atomic E-state index is -0.950. The predicted octanol–water partition coefficient (Wildman–Crippen LogP) is 1.45. The number of nitrogens with zero attached hydrogens (tertiary/aromatic N) is 1. The molecule has 1 aromatic carbocycles. The molecule has 0 aliphatic rings. The molecule has 2 rings (SSSR count). The normalized spacial score (nSPS) is 10.7. The summed E-state index contributed by atoms with van der Waals surface area (Å²) < 4.78 is 14.5. The number of hydroxylamine groups is 1. The highest BCUT2D eigenvalue weighted by molar-refractivity contribution is 6.01. The van der Waals surface area contributed by atoms with Crippen molar-refractivity contribution in [3.8, 4) is 11.1 Å². The summed E-state index contributed by atoms with van der Waals surface area (Å²) >= 11 is 0. The topological polar surface area (TPSA) is 114 Å². The maximum Gasteiger partial charge on any atom is 0.292 e. The molecular formula is C16H16FN3O4. The maximum absolute atomic E-state index is 13.2. The molecule has 1 heterocycles. The number of rotatable bonds is 4. The minimum absolute atomic E-state index is 0.147. The molecule has 0 bridgehead atoms. The van der Waals surface area contributed by atoms with Gasteiger partial charge in [0.2, 0.25) is 5.43 Å². The van der Waals surface area contributed by atoms with Gasteiger partial charge in [0.1, 0.15) is 17.1 Å². The molecule has 0 radical (unpaired) electrons. The Labute approximate surface area is 136 Å². The molecule has 2 aromatic rings. The lowest BCUT2D eigenvalue weighted by atomic mass is 9.99. The molecule has 0 unspecified atom stereocenters. The number of primary amides is 1. The van der Waals surface area contributed by atoms with Crippen LogP contribution in [-0.4, -0.2) is 21.6 Å². The minimum Gasteiger partial charge on any atom is -0.365 e. The van der Waals surface area contributed by atoms with Gasteiger partial charge in [0.15, 0.2) is 0 Å². The van der Waals surface area contributed by atoms with Crippen molar-refractivity contribution >= 4 is 11.8 Å². The van der Waals surface area contributed by atoms with E-state index in [1.54, 1.807) is 13.8 Å². The quantitative estimate of drug-likeness (QED) is 0.580. The molecule has 0 saturated carbocycles. The molecule has 8 heteroatoms. The zero-order chi connectivity index (χ0) is 18.0. The fourth-order valence-electron chi connectivity index (χ4n) is 2.38. The van der Waals surface area contributed by atoms with Gasteiger partial charge < -0.3 is 10.3 Å². The van der Waals surface area contributed by atoms with E-state index in [4.69, 9.17) is 10.9 Å². The molecule has 0 saturated heterocycles. The highest BCUT2D eigenvalue weighted by Gasteiger charge is 2.25. The molecule has 4 N–H and O–H groups in total. The smallest absolute Gasteiger partial charge is 0.292 e. The van der Waals surface area contributed by atoms with Crippen LogP contribution in [0.25, 0.3) is 11.1 Å². The predicted molar refractivity (Wildman–Crippen MR) is 84.3 cm³/mol. The first-order chi connectivity index (χ1) is 11.3. The number of halogens is 1. The number of nitrogens with two attached hydrogens (primary N) is 1. The summed E-state index contributed by atoms with van der Waals surface area (Å²) in [7, 11) is 0. The third-order valence-electron chi connectivity index (χ3n) is 3.51. The van der Waals surface area contributed by atoms with Crippen molar-refractivity contribution in [2.45, 2.75) is 19.9 Å². The van der Waals surface area contributed by atoms with Crippen LogP contribution in [0.2, 0.25) is 0 Å². The molecule has 0 aliphatic heterocycles. The first-order valence-electron chi connectivity index (χ1n) is 7.07. The highest BCUT2D eigenvalue weighted by atomic mass is 19.1. The van der Waals surface area contributed by atoms with Gasteiger partial charge in [-0.25, -0.2) is 9.87 Å². The first kappa shape index (κ1) is 17.4. The molecule has 0 fully saturated rings. The van der Waals surface area contributed by atoms with Gasteiger partial charge >= 0.3 is 0 Å². The van der Waals surface area contributed by atoms with E-state index in [1.807, 2.05) is 0 Å². The number of nitrogens with one attached hydrogen (secondary N) is 1. The molecular weight excluding hydrogens is 317 g/mol. The van der Waals surface area contributed by atoms with E-state index in [9.17, 15) is 18.8 Å². The standard InChI is InChI=1S/C16H16FN3O4/c1-8(2)20-7-11(15(18)22)14(21)12(13(20)16(23)19-24)9-3-5-10(17)6-4-9/h3-8,24H,1-2H3,(H2,18,22)(H,19,23). The summed E-state index contributed by atoms with van der Waals surface area (Å²) in [6.07, 6.45) is 1.17. The number of carbonyl (C=O) groups is 2. The molecule has 2 amide bonds. The van der Waals surface area contributed by atoms with Gasteiger partial charge in [0.05, 0.1) is 5.56 Å². The second-order valence-electron chi connectivity index (χ2n) is 5.41. The first-order valence-corrected chi connectivity index (χ1v) is 7.07. The fraction of sp³-hybridized carbons (Fsp3) is 0.188. The van der Waals surface area contributed by atoms with Crippen molar-refractivity contribution < 1.29 is 19.2 Å². The van der Waals surface area contributed by atoms with Crippen LogP contribution in [0.15, 0.2) is 35.3 Å². The van der Waals surface area contributed by atoms with Gasteiger partial charge in [-0.2, -0.15) is 0 Å². The molecule has 7 nitrogen and oxygen atoms in total. The van der Waals surface area contributed by atoms with Gasteiger partial charge in [0, 0.05) is 12.2 Å². The van der Waals surface area contributed by atoms with Gasteiger partial charge in [-0.15, -0.1) is 0 Å². The van der Waals surface area contributed by atoms with Crippen molar-refractivity contribution in [2.24, 2.45) is 5.73 Å². The zero-order valence-electron chi connectivity index (χ0n) is 13.0. The van der Waals surface area contributed by atoms with Crippen LogP contribution in [0.3, 0.4) is 0 Å². The number of benzene rings is 1. The largest absolute Gasteiger partial charge is 0.365 e. The van der Waals surface area contributed by atoms with Crippen LogP contribution in [0.5, 0.6) is 0 Å². The summed E-state index contributed by atoms with van der Waals surface area (Å²) in [5.74, 6) is -2.41. The average molecular weight is 333 g/mol. The Kier molecular flexibility index (Phi) is 4.79. The number of pyridine rings is 1. The Morgan fingerprint density at radius 2 is 1.83 bits per heavy atom. The van der Waals surface area contributed by atoms with E-state index in [2.05, 4.69) is 0 Å². The van der Waals surface area contributed by atoms with E-state index in [1.165, 1.54) is 28.4 Å². The average Bonchev–Trinajstić information content (AvgIpc) is 2.54. The molecule has 1 aromatic heterocycles.